The van der Waals surface area contributed by atoms with Gasteiger partial charge in [0.25, 0.3) is 0 Å². The smallest absolute Gasteiger partial charge is 0.308 e. The molecule has 0 radical (unpaired) electrons. The van der Waals surface area contributed by atoms with E-state index in [0.717, 1.165) is 5.69 Å². The van der Waals surface area contributed by atoms with Crippen LogP contribution in [-0.2, 0) is 20.7 Å². The summed E-state index contributed by atoms with van der Waals surface area (Å²) in [5.41, 5.74) is 5.88. The molecule has 1 heterocycles. The molecule has 0 aromatic carbocycles. The van der Waals surface area contributed by atoms with Crippen LogP contribution in [0.15, 0.2) is 10.6 Å². The minimum atomic E-state index is -0.920. The fourth-order valence-corrected chi connectivity index (χ4v) is 1.63. The second-order valence-electron chi connectivity index (χ2n) is 5.87. The largest absolute Gasteiger partial charge is 0.460 e. The second-order valence-corrected chi connectivity index (χ2v) is 5.87. The van der Waals surface area contributed by atoms with E-state index in [1.807, 2.05) is 6.92 Å². The molecule has 0 bridgehead atoms. The zero-order valence-electron chi connectivity index (χ0n) is 12.9. The molecule has 0 aliphatic rings. The first-order valence-electron chi connectivity index (χ1n) is 6.85. The summed E-state index contributed by atoms with van der Waals surface area (Å²) in [6.07, 6.45) is 0.371. The first-order valence-corrected chi connectivity index (χ1v) is 6.85. The highest BCUT2D eigenvalue weighted by molar-refractivity contribution is 5.86. The van der Waals surface area contributed by atoms with Crippen LogP contribution in [0.4, 0.5) is 0 Å². The molecular weight excluding hydrogens is 274 g/mol. The molecule has 0 unspecified atom stereocenters. The van der Waals surface area contributed by atoms with Gasteiger partial charge in [-0.15, -0.1) is 0 Å². The predicted molar refractivity (Wildman–Crippen MR) is 76.4 cm³/mol. The van der Waals surface area contributed by atoms with Crippen LogP contribution in [-0.4, -0.2) is 35.2 Å². The van der Waals surface area contributed by atoms with Crippen molar-refractivity contribution in [3.05, 3.63) is 17.5 Å². The van der Waals surface area contributed by atoms with Crippen LogP contribution < -0.4 is 11.1 Å². The first-order chi connectivity index (χ1) is 9.67. The average Bonchev–Trinajstić information content (AvgIpc) is 2.72. The number of carbonyl (C=O) groups excluding carboxylic acids is 2. The summed E-state index contributed by atoms with van der Waals surface area (Å²) in [6, 6.07) is 0.878. The lowest BCUT2D eigenvalue weighted by Crippen LogP contribution is -2.43. The van der Waals surface area contributed by atoms with Crippen molar-refractivity contribution in [1.82, 2.24) is 10.5 Å². The van der Waals surface area contributed by atoms with Gasteiger partial charge in [0.05, 0.1) is 18.2 Å². The fourth-order valence-electron chi connectivity index (χ4n) is 1.63. The third-order valence-electron chi connectivity index (χ3n) is 2.49. The molecule has 0 saturated carbocycles. The van der Waals surface area contributed by atoms with Crippen molar-refractivity contribution in [3.63, 3.8) is 0 Å². The number of aryl methyl sites for hydroxylation is 1. The van der Waals surface area contributed by atoms with Crippen molar-refractivity contribution in [2.24, 2.45) is 5.73 Å². The highest BCUT2D eigenvalue weighted by atomic mass is 16.6. The molecule has 118 valence electrons. The van der Waals surface area contributed by atoms with E-state index < -0.39 is 23.5 Å². The molecule has 1 aromatic heterocycles. The number of ether oxygens (including phenoxy) is 1. The lowest BCUT2D eigenvalue weighted by Gasteiger charge is -2.20. The minimum absolute atomic E-state index is 0.148. The Morgan fingerprint density at radius 3 is 2.67 bits per heavy atom. The van der Waals surface area contributed by atoms with Crippen LogP contribution in [0.25, 0.3) is 0 Å². The topological polar surface area (TPSA) is 107 Å². The summed E-state index contributed by atoms with van der Waals surface area (Å²) in [5, 5.41) is 6.40. The molecule has 0 spiro atoms. The number of rotatable bonds is 6. The molecule has 0 aliphatic heterocycles. The van der Waals surface area contributed by atoms with E-state index in [-0.39, 0.29) is 6.42 Å². The maximum atomic E-state index is 11.7. The van der Waals surface area contributed by atoms with Gasteiger partial charge in [0, 0.05) is 19.0 Å². The van der Waals surface area contributed by atoms with Crippen LogP contribution in [0.1, 0.15) is 38.6 Å². The molecule has 7 heteroatoms. The standard InChI is InChI=1S/C14H23N3O4/c1-9-7-10(21-17-9)5-6-16-13(19)11(15)8-12(18)20-14(2,3)4/h7,11H,5-6,8,15H2,1-4H3,(H,16,19)/t11-/m0/s1. The third-order valence-corrected chi connectivity index (χ3v) is 2.49. The molecule has 0 fully saturated rings. The van der Waals surface area contributed by atoms with E-state index in [0.29, 0.717) is 18.7 Å². The van der Waals surface area contributed by atoms with Crippen molar-refractivity contribution in [2.75, 3.05) is 6.54 Å². The molecule has 1 atom stereocenters. The molecule has 0 saturated heterocycles. The van der Waals surface area contributed by atoms with E-state index in [1.165, 1.54) is 0 Å². The fraction of sp³-hybridized carbons (Fsp3) is 0.643. The lowest BCUT2D eigenvalue weighted by atomic mass is 10.1. The monoisotopic (exact) mass is 297 g/mol. The van der Waals surface area contributed by atoms with Gasteiger partial charge in [-0.25, -0.2) is 0 Å². The zero-order valence-corrected chi connectivity index (χ0v) is 12.9. The van der Waals surface area contributed by atoms with Crippen LogP contribution >= 0.6 is 0 Å². The summed E-state index contributed by atoms with van der Waals surface area (Å²) >= 11 is 0. The third kappa shape index (κ3) is 6.89. The Kier molecular flexibility index (Phi) is 5.90. The van der Waals surface area contributed by atoms with E-state index in [4.69, 9.17) is 15.0 Å². The van der Waals surface area contributed by atoms with Crippen LogP contribution in [0.5, 0.6) is 0 Å². The molecule has 1 rings (SSSR count). The van der Waals surface area contributed by atoms with Gasteiger partial charge in [0.2, 0.25) is 5.91 Å². The van der Waals surface area contributed by atoms with Crippen LogP contribution in [0.2, 0.25) is 0 Å². The Morgan fingerprint density at radius 2 is 2.14 bits per heavy atom. The number of esters is 1. The van der Waals surface area contributed by atoms with Crippen molar-refractivity contribution < 1.29 is 18.8 Å². The normalized spacial score (nSPS) is 12.8. The molecule has 0 aliphatic carbocycles. The van der Waals surface area contributed by atoms with E-state index in [2.05, 4.69) is 10.5 Å². The van der Waals surface area contributed by atoms with Crippen LogP contribution in [0, 0.1) is 6.92 Å². The van der Waals surface area contributed by atoms with Gasteiger partial charge in [-0.3, -0.25) is 9.59 Å². The van der Waals surface area contributed by atoms with Gasteiger partial charge in [-0.2, -0.15) is 0 Å². The number of hydrogen-bond donors (Lipinski definition) is 2. The Hall–Kier alpha value is -1.89. The van der Waals surface area contributed by atoms with Gasteiger partial charge >= 0.3 is 5.97 Å². The maximum Gasteiger partial charge on any atom is 0.308 e. The summed E-state index contributed by atoms with van der Waals surface area (Å²) in [4.78, 5) is 23.3. The number of hydrogen-bond acceptors (Lipinski definition) is 6. The van der Waals surface area contributed by atoms with E-state index in [1.54, 1.807) is 26.8 Å². The van der Waals surface area contributed by atoms with Crippen molar-refractivity contribution in [1.29, 1.82) is 0 Å². The minimum Gasteiger partial charge on any atom is -0.460 e. The number of nitrogens with two attached hydrogens (primary N) is 1. The van der Waals surface area contributed by atoms with Gasteiger partial charge < -0.3 is 20.3 Å². The summed E-state index contributed by atoms with van der Waals surface area (Å²) in [6.45, 7) is 7.47. The zero-order chi connectivity index (χ0) is 16.0. The van der Waals surface area contributed by atoms with Crippen LogP contribution in [0.3, 0.4) is 0 Å². The molecule has 3 N–H and O–H groups in total. The van der Waals surface area contributed by atoms with Gasteiger partial charge in [0.15, 0.2) is 0 Å². The summed E-state index contributed by atoms with van der Waals surface area (Å²) in [5.74, 6) is -0.193. The Bertz CT molecular complexity index is 491. The molecule has 1 aromatic rings. The van der Waals surface area contributed by atoms with Gasteiger partial charge in [-0.05, 0) is 27.7 Å². The molecule has 7 nitrogen and oxygen atoms in total. The number of nitrogens with zero attached hydrogens (tertiary/aromatic N) is 1. The number of amides is 1. The van der Waals surface area contributed by atoms with Gasteiger partial charge in [-0.1, -0.05) is 5.16 Å². The van der Waals surface area contributed by atoms with Gasteiger partial charge in [0.1, 0.15) is 11.4 Å². The lowest BCUT2D eigenvalue weighted by molar-refractivity contribution is -0.156. The SMILES string of the molecule is Cc1cc(CCNC(=O)[C@@H](N)CC(=O)OC(C)(C)C)on1. The van der Waals surface area contributed by atoms with Crippen molar-refractivity contribution in [3.8, 4) is 0 Å². The quantitative estimate of drug-likeness (QED) is 0.748. The molecule has 21 heavy (non-hydrogen) atoms. The summed E-state index contributed by atoms with van der Waals surface area (Å²) < 4.78 is 10.1. The first kappa shape index (κ1) is 17.2. The highest BCUT2D eigenvalue weighted by Gasteiger charge is 2.22. The van der Waals surface area contributed by atoms with E-state index in [9.17, 15) is 9.59 Å². The Morgan fingerprint density at radius 1 is 1.48 bits per heavy atom. The average molecular weight is 297 g/mol. The highest BCUT2D eigenvalue weighted by Crippen LogP contribution is 2.09. The maximum absolute atomic E-state index is 11.7. The number of nitrogens with one attached hydrogen (secondary N) is 1. The molecule has 1 amide bonds. The predicted octanol–water partition coefficient (Wildman–Crippen LogP) is 0.701. The van der Waals surface area contributed by atoms with Crippen molar-refractivity contribution >= 4 is 11.9 Å². The molecular formula is C14H23N3O4. The van der Waals surface area contributed by atoms with E-state index >= 15 is 0 Å². The number of carbonyl (C=O) groups is 2. The second kappa shape index (κ2) is 7.21. The number of aromatic nitrogens is 1. The Labute approximate surface area is 124 Å². The van der Waals surface area contributed by atoms with Crippen molar-refractivity contribution in [2.45, 2.75) is 52.2 Å². The summed E-state index contributed by atoms with van der Waals surface area (Å²) in [7, 11) is 0. The Balaban J connectivity index is 2.29.